The molecule has 0 fully saturated rings. The topological polar surface area (TPSA) is 44.5 Å². The first kappa shape index (κ1) is 13.8. The third-order valence-corrected chi connectivity index (χ3v) is 3.03. The zero-order valence-electron chi connectivity index (χ0n) is 11.2. The van der Waals surface area contributed by atoms with Gasteiger partial charge in [0.15, 0.2) is 0 Å². The van der Waals surface area contributed by atoms with Crippen molar-refractivity contribution < 1.29 is 9.47 Å². The maximum absolute atomic E-state index is 6.04. The summed E-state index contributed by atoms with van der Waals surface area (Å²) in [5.41, 5.74) is 7.25. The molecule has 0 aliphatic heterocycles. The predicted octanol–water partition coefficient (Wildman–Crippen LogP) is 2.62. The number of hydrogen-bond acceptors (Lipinski definition) is 3. The molecule has 96 valence electrons. The smallest absolute Gasteiger partial charge is 0.122 e. The molecule has 0 spiro atoms. The Morgan fingerprint density at radius 1 is 1.06 bits per heavy atom. The van der Waals surface area contributed by atoms with Crippen molar-refractivity contribution in [3.8, 4) is 11.5 Å². The molecule has 0 bridgehead atoms. The van der Waals surface area contributed by atoms with Gasteiger partial charge in [-0.05, 0) is 36.5 Å². The maximum atomic E-state index is 6.04. The van der Waals surface area contributed by atoms with Gasteiger partial charge >= 0.3 is 0 Å². The summed E-state index contributed by atoms with van der Waals surface area (Å²) < 4.78 is 10.5. The van der Waals surface area contributed by atoms with Crippen molar-refractivity contribution in [3.05, 3.63) is 23.8 Å². The molecule has 3 heteroatoms. The van der Waals surface area contributed by atoms with Gasteiger partial charge in [0.25, 0.3) is 0 Å². The molecule has 1 unspecified atom stereocenters. The van der Waals surface area contributed by atoms with E-state index in [4.69, 9.17) is 15.2 Å². The first-order valence-corrected chi connectivity index (χ1v) is 6.04. The zero-order valence-corrected chi connectivity index (χ0v) is 11.2. The predicted molar refractivity (Wildman–Crippen MR) is 70.7 cm³/mol. The average Bonchev–Trinajstić information content (AvgIpc) is 2.35. The fourth-order valence-corrected chi connectivity index (χ4v) is 1.68. The lowest BCUT2D eigenvalue weighted by atomic mass is 9.97. The Morgan fingerprint density at radius 3 is 2.00 bits per heavy atom. The van der Waals surface area contributed by atoms with Gasteiger partial charge in [-0.2, -0.15) is 0 Å². The first-order valence-electron chi connectivity index (χ1n) is 6.04. The number of methoxy groups -OCH3 is 2. The molecule has 0 aliphatic carbocycles. The molecule has 1 atom stereocenters. The summed E-state index contributed by atoms with van der Waals surface area (Å²) in [6.45, 7) is 4.30. The number of rotatable bonds is 6. The summed E-state index contributed by atoms with van der Waals surface area (Å²) in [7, 11) is 3.33. The van der Waals surface area contributed by atoms with E-state index in [1.54, 1.807) is 14.2 Å². The third kappa shape index (κ3) is 4.27. The molecule has 1 aromatic carbocycles. The van der Waals surface area contributed by atoms with Crippen LogP contribution >= 0.6 is 0 Å². The summed E-state index contributed by atoms with van der Waals surface area (Å²) in [5, 5.41) is 0. The minimum absolute atomic E-state index is 0.243. The zero-order chi connectivity index (χ0) is 12.8. The molecule has 0 radical (unpaired) electrons. The summed E-state index contributed by atoms with van der Waals surface area (Å²) >= 11 is 0. The summed E-state index contributed by atoms with van der Waals surface area (Å²) in [4.78, 5) is 0. The number of nitrogens with two attached hydrogens (primary N) is 1. The second-order valence-electron chi connectivity index (χ2n) is 4.67. The standard InChI is InChI=1S/C14H23NO2/c1-10(2)14(15)6-5-11-7-12(16-3)9-13(8-11)17-4/h7-10,14H,5-6,15H2,1-4H3. The van der Waals surface area contributed by atoms with Crippen molar-refractivity contribution in [1.82, 2.24) is 0 Å². The number of hydrogen-bond donors (Lipinski definition) is 1. The molecule has 1 aromatic rings. The van der Waals surface area contributed by atoms with Crippen LogP contribution in [0.1, 0.15) is 25.8 Å². The SMILES string of the molecule is COc1cc(CCC(N)C(C)C)cc(OC)c1. The quantitative estimate of drug-likeness (QED) is 0.827. The van der Waals surface area contributed by atoms with Crippen LogP contribution in [0.25, 0.3) is 0 Å². The largest absolute Gasteiger partial charge is 0.497 e. The Morgan fingerprint density at radius 2 is 1.59 bits per heavy atom. The van der Waals surface area contributed by atoms with Gasteiger partial charge in [0.2, 0.25) is 0 Å². The molecule has 0 aromatic heterocycles. The summed E-state index contributed by atoms with van der Waals surface area (Å²) in [6.07, 6.45) is 1.93. The van der Waals surface area contributed by atoms with Gasteiger partial charge in [0.05, 0.1) is 14.2 Å². The molecule has 0 heterocycles. The van der Waals surface area contributed by atoms with E-state index >= 15 is 0 Å². The van der Waals surface area contributed by atoms with E-state index in [0.29, 0.717) is 5.92 Å². The van der Waals surface area contributed by atoms with Crippen LogP contribution in [0, 0.1) is 5.92 Å². The second kappa shape index (κ2) is 6.50. The third-order valence-electron chi connectivity index (χ3n) is 3.03. The molecule has 0 amide bonds. The number of aryl methyl sites for hydroxylation is 1. The van der Waals surface area contributed by atoms with Crippen molar-refractivity contribution in [3.63, 3.8) is 0 Å². The summed E-state index contributed by atoms with van der Waals surface area (Å²) in [5.74, 6) is 2.18. The minimum atomic E-state index is 0.243. The molecule has 0 saturated heterocycles. The highest BCUT2D eigenvalue weighted by molar-refractivity contribution is 5.38. The monoisotopic (exact) mass is 237 g/mol. The normalized spacial score (nSPS) is 12.6. The molecule has 2 N–H and O–H groups in total. The van der Waals surface area contributed by atoms with Crippen LogP contribution < -0.4 is 15.2 Å². The van der Waals surface area contributed by atoms with E-state index < -0.39 is 0 Å². The Balaban J connectivity index is 2.70. The van der Waals surface area contributed by atoms with Crippen molar-refractivity contribution in [2.45, 2.75) is 32.7 Å². The van der Waals surface area contributed by atoms with Crippen LogP contribution in [-0.2, 0) is 6.42 Å². The van der Waals surface area contributed by atoms with Crippen LogP contribution in [0.4, 0.5) is 0 Å². The highest BCUT2D eigenvalue weighted by Gasteiger charge is 2.08. The van der Waals surface area contributed by atoms with Crippen molar-refractivity contribution in [2.75, 3.05) is 14.2 Å². The lowest BCUT2D eigenvalue weighted by Gasteiger charge is -2.15. The second-order valence-corrected chi connectivity index (χ2v) is 4.67. The fourth-order valence-electron chi connectivity index (χ4n) is 1.68. The Bertz CT molecular complexity index is 328. The van der Waals surface area contributed by atoms with Gasteiger partial charge in [-0.15, -0.1) is 0 Å². The molecule has 17 heavy (non-hydrogen) atoms. The lowest BCUT2D eigenvalue weighted by Crippen LogP contribution is -2.26. The van der Waals surface area contributed by atoms with Crippen LogP contribution in [0.2, 0.25) is 0 Å². The van der Waals surface area contributed by atoms with Gasteiger partial charge in [-0.1, -0.05) is 13.8 Å². The van der Waals surface area contributed by atoms with Gasteiger partial charge in [0, 0.05) is 12.1 Å². The van der Waals surface area contributed by atoms with Crippen molar-refractivity contribution in [2.24, 2.45) is 11.7 Å². The van der Waals surface area contributed by atoms with Crippen LogP contribution in [0.5, 0.6) is 11.5 Å². The van der Waals surface area contributed by atoms with E-state index in [1.807, 2.05) is 18.2 Å². The van der Waals surface area contributed by atoms with Crippen LogP contribution in [-0.4, -0.2) is 20.3 Å². The number of ether oxygens (including phenoxy) is 2. The van der Waals surface area contributed by atoms with Gasteiger partial charge in [0.1, 0.15) is 11.5 Å². The summed E-state index contributed by atoms with van der Waals surface area (Å²) in [6, 6.07) is 6.20. The molecule has 1 rings (SSSR count). The first-order chi connectivity index (χ1) is 8.06. The van der Waals surface area contributed by atoms with Crippen LogP contribution in [0.15, 0.2) is 18.2 Å². The van der Waals surface area contributed by atoms with Gasteiger partial charge in [-0.25, -0.2) is 0 Å². The van der Waals surface area contributed by atoms with E-state index in [1.165, 1.54) is 5.56 Å². The van der Waals surface area contributed by atoms with E-state index in [2.05, 4.69) is 13.8 Å². The fraction of sp³-hybridized carbons (Fsp3) is 0.571. The average molecular weight is 237 g/mol. The van der Waals surface area contributed by atoms with Crippen molar-refractivity contribution >= 4 is 0 Å². The molecule has 3 nitrogen and oxygen atoms in total. The Hall–Kier alpha value is -1.22. The lowest BCUT2D eigenvalue weighted by molar-refractivity contribution is 0.392. The Labute approximate surface area is 104 Å². The molecule has 0 aliphatic rings. The number of benzene rings is 1. The van der Waals surface area contributed by atoms with E-state index in [-0.39, 0.29) is 6.04 Å². The van der Waals surface area contributed by atoms with E-state index in [0.717, 1.165) is 24.3 Å². The van der Waals surface area contributed by atoms with Crippen LogP contribution in [0.3, 0.4) is 0 Å². The molecular formula is C14H23NO2. The highest BCUT2D eigenvalue weighted by atomic mass is 16.5. The molecular weight excluding hydrogens is 214 g/mol. The minimum Gasteiger partial charge on any atom is -0.497 e. The van der Waals surface area contributed by atoms with E-state index in [9.17, 15) is 0 Å². The van der Waals surface area contributed by atoms with Crippen molar-refractivity contribution in [1.29, 1.82) is 0 Å². The van der Waals surface area contributed by atoms with Gasteiger partial charge in [-0.3, -0.25) is 0 Å². The van der Waals surface area contributed by atoms with Gasteiger partial charge < -0.3 is 15.2 Å². The molecule has 0 saturated carbocycles. The maximum Gasteiger partial charge on any atom is 0.122 e. The Kier molecular flexibility index (Phi) is 5.29. The highest BCUT2D eigenvalue weighted by Crippen LogP contribution is 2.23.